The quantitative estimate of drug-likeness (QED) is 0.280. The molecule has 0 saturated carbocycles. The molecule has 0 fully saturated rings. The molecule has 0 rings (SSSR count). The van der Waals surface area contributed by atoms with E-state index in [1.165, 1.54) is 0 Å². The fourth-order valence-electron chi connectivity index (χ4n) is 0.239. The molecular formula is C5H11NSi. The van der Waals surface area contributed by atoms with Crippen LogP contribution in [-0.4, -0.2) is 16.1 Å². The maximum atomic E-state index is 3.03. The average Bonchev–Trinajstić information content (AvgIpc) is 1.69. The predicted octanol–water partition coefficient (Wildman–Crippen LogP) is -0.269. The number of rotatable bonds is 1. The first-order valence-electron chi connectivity index (χ1n) is 2.62. The van der Waals surface area contributed by atoms with E-state index in [-0.39, 0.29) is 9.52 Å². The van der Waals surface area contributed by atoms with E-state index in [0.29, 0.717) is 0 Å². The summed E-state index contributed by atoms with van der Waals surface area (Å²) in [5.74, 6) is 0. The van der Waals surface area contributed by atoms with Crippen LogP contribution in [0.25, 0.3) is 0 Å². The Morgan fingerprint density at radius 3 is 2.86 bits per heavy atom. The molecule has 0 heterocycles. The van der Waals surface area contributed by atoms with Gasteiger partial charge in [0.15, 0.2) is 0 Å². The van der Waals surface area contributed by atoms with Gasteiger partial charge in [-0.15, -0.1) is 5.54 Å². The standard InChI is InChI=1S/C5H11NSi/c1-3-6-4-5-7-2/h6H,3,7H2,1-2H3. The molecule has 1 nitrogen and oxygen atoms in total. The molecule has 2 heteroatoms. The summed E-state index contributed by atoms with van der Waals surface area (Å²) in [6.07, 6.45) is 0. The van der Waals surface area contributed by atoms with Crippen molar-refractivity contribution in [3.05, 3.63) is 0 Å². The first kappa shape index (κ1) is 6.58. The second-order valence-corrected chi connectivity index (χ2v) is 2.25. The lowest BCUT2D eigenvalue weighted by Crippen LogP contribution is -2.02. The van der Waals surface area contributed by atoms with E-state index in [1.54, 1.807) is 0 Å². The van der Waals surface area contributed by atoms with Gasteiger partial charge in [0.05, 0.1) is 0 Å². The molecule has 1 N–H and O–H groups in total. The number of hydrogen-bond acceptors (Lipinski definition) is 1. The van der Waals surface area contributed by atoms with Crippen LogP contribution in [0.1, 0.15) is 6.92 Å². The summed E-state index contributed by atoms with van der Waals surface area (Å²) in [5.41, 5.74) is 3.03. The lowest BCUT2D eigenvalue weighted by molar-refractivity contribution is 0.953. The molecule has 40 valence electrons. The highest BCUT2D eigenvalue weighted by Gasteiger charge is 1.61. The molecule has 0 saturated heterocycles. The van der Waals surface area contributed by atoms with Crippen LogP contribution in [0.15, 0.2) is 0 Å². The molecule has 0 bridgehead atoms. The molecule has 0 atom stereocenters. The van der Waals surface area contributed by atoms with Crippen molar-refractivity contribution in [2.75, 3.05) is 6.54 Å². The normalized spacial score (nSPS) is 8.29. The summed E-state index contributed by atoms with van der Waals surface area (Å²) in [6, 6.07) is 2.85. The molecule has 0 aliphatic rings. The zero-order valence-corrected chi connectivity index (χ0v) is 6.33. The topological polar surface area (TPSA) is 12.0 Å². The molecule has 0 aliphatic heterocycles. The van der Waals surface area contributed by atoms with Gasteiger partial charge in [0, 0.05) is 6.54 Å². The summed E-state index contributed by atoms with van der Waals surface area (Å²) in [6.45, 7) is 5.18. The maximum absolute atomic E-state index is 3.03. The molecular weight excluding hydrogens is 102 g/mol. The zero-order chi connectivity index (χ0) is 5.54. The third-order valence-corrected chi connectivity index (χ3v) is 1.06. The van der Waals surface area contributed by atoms with Crippen LogP contribution in [0.2, 0.25) is 6.55 Å². The monoisotopic (exact) mass is 113 g/mol. The molecule has 0 aromatic heterocycles. The minimum Gasteiger partial charge on any atom is -0.347 e. The van der Waals surface area contributed by atoms with Crippen LogP contribution in [0.3, 0.4) is 0 Å². The Morgan fingerprint density at radius 2 is 2.43 bits per heavy atom. The van der Waals surface area contributed by atoms with E-state index < -0.39 is 0 Å². The fourth-order valence-corrected chi connectivity index (χ4v) is 0.541. The van der Waals surface area contributed by atoms with Gasteiger partial charge < -0.3 is 5.32 Å². The Balaban J connectivity index is 2.91. The molecule has 0 aromatic carbocycles. The van der Waals surface area contributed by atoms with Crippen LogP contribution in [-0.2, 0) is 0 Å². The Labute approximate surface area is 47.3 Å². The number of hydrogen-bond donors (Lipinski definition) is 1. The Hall–Kier alpha value is -0.423. The highest BCUT2D eigenvalue weighted by Crippen LogP contribution is 1.49. The van der Waals surface area contributed by atoms with Crippen molar-refractivity contribution in [1.29, 1.82) is 0 Å². The van der Waals surface area contributed by atoms with Crippen LogP contribution in [0.4, 0.5) is 0 Å². The lowest BCUT2D eigenvalue weighted by atomic mass is 10.8. The summed E-state index contributed by atoms with van der Waals surface area (Å²) in [4.78, 5) is 0. The summed E-state index contributed by atoms with van der Waals surface area (Å²) in [5, 5.41) is 2.92. The molecule has 0 radical (unpaired) electrons. The van der Waals surface area contributed by atoms with E-state index in [9.17, 15) is 0 Å². The highest BCUT2D eigenvalue weighted by molar-refractivity contribution is 6.44. The smallest absolute Gasteiger partial charge is 0.106 e. The van der Waals surface area contributed by atoms with Crippen molar-refractivity contribution in [2.24, 2.45) is 0 Å². The van der Waals surface area contributed by atoms with Crippen molar-refractivity contribution in [2.45, 2.75) is 13.5 Å². The van der Waals surface area contributed by atoms with Gasteiger partial charge in [-0.2, -0.15) is 0 Å². The third-order valence-electron chi connectivity index (χ3n) is 0.530. The molecule has 0 unspecified atom stereocenters. The van der Waals surface area contributed by atoms with Crippen LogP contribution >= 0.6 is 0 Å². The Bertz CT molecular complexity index is 79.8. The van der Waals surface area contributed by atoms with Crippen LogP contribution < -0.4 is 5.32 Å². The average molecular weight is 113 g/mol. The lowest BCUT2D eigenvalue weighted by Gasteiger charge is -1.82. The largest absolute Gasteiger partial charge is 0.347 e. The second kappa shape index (κ2) is 5.58. The predicted molar refractivity (Wildman–Crippen MR) is 35.9 cm³/mol. The van der Waals surface area contributed by atoms with E-state index >= 15 is 0 Å². The number of nitrogens with one attached hydrogen (secondary N) is 1. The molecule has 0 amide bonds. The fraction of sp³-hybridized carbons (Fsp3) is 0.600. The summed E-state index contributed by atoms with van der Waals surface area (Å²) >= 11 is 0. The van der Waals surface area contributed by atoms with Crippen molar-refractivity contribution < 1.29 is 0 Å². The Morgan fingerprint density at radius 1 is 1.71 bits per heavy atom. The second-order valence-electron chi connectivity index (χ2n) is 1.19. The minimum atomic E-state index is -0.0299. The van der Waals surface area contributed by atoms with Gasteiger partial charge in [-0.3, -0.25) is 0 Å². The van der Waals surface area contributed by atoms with E-state index in [1.807, 2.05) is 6.92 Å². The first-order chi connectivity index (χ1) is 3.41. The van der Waals surface area contributed by atoms with Gasteiger partial charge in [0.2, 0.25) is 0 Å². The minimum absolute atomic E-state index is 0.0299. The first-order valence-corrected chi connectivity index (χ1v) is 4.74. The van der Waals surface area contributed by atoms with Gasteiger partial charge in [0.25, 0.3) is 0 Å². The van der Waals surface area contributed by atoms with Crippen molar-refractivity contribution >= 4 is 9.52 Å². The third kappa shape index (κ3) is 5.58. The molecule has 7 heavy (non-hydrogen) atoms. The molecule has 0 spiro atoms. The van der Waals surface area contributed by atoms with E-state index in [2.05, 4.69) is 23.5 Å². The van der Waals surface area contributed by atoms with Gasteiger partial charge in [-0.25, -0.2) is 0 Å². The summed E-state index contributed by atoms with van der Waals surface area (Å²) in [7, 11) is -0.0299. The van der Waals surface area contributed by atoms with Crippen molar-refractivity contribution in [1.82, 2.24) is 5.32 Å². The van der Waals surface area contributed by atoms with Crippen molar-refractivity contribution in [3.8, 4) is 11.6 Å². The Kier molecular flexibility index (Phi) is 5.24. The van der Waals surface area contributed by atoms with Crippen LogP contribution in [0.5, 0.6) is 0 Å². The van der Waals surface area contributed by atoms with E-state index in [0.717, 1.165) is 6.54 Å². The van der Waals surface area contributed by atoms with Gasteiger partial charge in [-0.05, 0) is 13.0 Å². The zero-order valence-electron chi connectivity index (χ0n) is 4.91. The highest BCUT2D eigenvalue weighted by atomic mass is 28.2. The van der Waals surface area contributed by atoms with Gasteiger partial charge >= 0.3 is 0 Å². The maximum Gasteiger partial charge on any atom is 0.106 e. The van der Waals surface area contributed by atoms with Crippen LogP contribution in [0, 0.1) is 11.6 Å². The summed E-state index contributed by atoms with van der Waals surface area (Å²) < 4.78 is 0. The molecule has 0 aromatic rings. The molecule has 0 aliphatic carbocycles. The van der Waals surface area contributed by atoms with Gasteiger partial charge in [-0.1, -0.05) is 6.55 Å². The van der Waals surface area contributed by atoms with E-state index in [4.69, 9.17) is 0 Å². The van der Waals surface area contributed by atoms with Crippen molar-refractivity contribution in [3.63, 3.8) is 0 Å². The SMILES string of the molecule is CCNC#C[SiH2]C. The van der Waals surface area contributed by atoms with Gasteiger partial charge in [0.1, 0.15) is 9.52 Å².